The number of fused-ring (bicyclic) bond motifs is 6. The number of para-hydroxylation sites is 2. The van der Waals surface area contributed by atoms with Gasteiger partial charge in [0, 0.05) is 49.0 Å². The highest BCUT2D eigenvalue weighted by Crippen LogP contribution is 2.51. The van der Waals surface area contributed by atoms with Crippen molar-refractivity contribution < 1.29 is 4.74 Å². The van der Waals surface area contributed by atoms with Crippen LogP contribution < -0.4 is 4.90 Å². The van der Waals surface area contributed by atoms with Gasteiger partial charge in [-0.05, 0) is 78.8 Å². The van der Waals surface area contributed by atoms with Gasteiger partial charge in [-0.15, -0.1) is 11.3 Å². The van der Waals surface area contributed by atoms with Crippen molar-refractivity contribution in [3.8, 4) is 0 Å². The van der Waals surface area contributed by atoms with Gasteiger partial charge in [0.25, 0.3) is 0 Å². The van der Waals surface area contributed by atoms with Crippen LogP contribution >= 0.6 is 11.3 Å². The lowest BCUT2D eigenvalue weighted by Gasteiger charge is -2.34. The molecule has 4 aromatic carbocycles. The number of hydrogen-bond acceptors (Lipinski definition) is 3. The molecule has 5 aromatic rings. The molecule has 0 bridgehead atoms. The van der Waals surface area contributed by atoms with Gasteiger partial charge in [-0.3, -0.25) is 0 Å². The molecule has 2 nitrogen and oxygen atoms in total. The standard InChI is InChI=1S/C44H37NOS/c1-29-34(42(30-14-5-2-6-15-30)38-22-13-21-37-35-20-11-12-23-41(35)47-44(37)38)25-26-36-39-28-33(24-27-40(39)46-43(29)36)45(31-16-7-3-8-17-31)32-18-9-4-10-19-32/h2-14,16-23,25-28,30,33,36,42-43H,15,24H2,1H3. The summed E-state index contributed by atoms with van der Waals surface area (Å²) in [4.78, 5) is 2.47. The van der Waals surface area contributed by atoms with E-state index in [9.17, 15) is 0 Å². The predicted octanol–water partition coefficient (Wildman–Crippen LogP) is 11.6. The third-order valence-corrected chi connectivity index (χ3v) is 11.7. The lowest BCUT2D eigenvalue weighted by atomic mass is 9.72. The van der Waals surface area contributed by atoms with Gasteiger partial charge in [0.2, 0.25) is 0 Å². The Morgan fingerprint density at radius 3 is 2.28 bits per heavy atom. The third kappa shape index (κ3) is 4.84. The molecule has 1 fully saturated rings. The van der Waals surface area contributed by atoms with E-state index < -0.39 is 0 Å². The van der Waals surface area contributed by atoms with E-state index >= 15 is 0 Å². The van der Waals surface area contributed by atoms with Gasteiger partial charge >= 0.3 is 0 Å². The maximum atomic E-state index is 6.90. The Morgan fingerprint density at radius 1 is 0.766 bits per heavy atom. The molecule has 9 rings (SSSR count). The summed E-state index contributed by atoms with van der Waals surface area (Å²) >= 11 is 1.94. The van der Waals surface area contributed by atoms with E-state index in [2.05, 4.69) is 164 Å². The van der Waals surface area contributed by atoms with Crippen LogP contribution in [0.3, 0.4) is 0 Å². The van der Waals surface area contributed by atoms with E-state index in [0.717, 1.165) is 18.6 Å². The molecular formula is C44H37NOS. The number of thiophene rings is 1. The maximum absolute atomic E-state index is 6.90. The van der Waals surface area contributed by atoms with Gasteiger partial charge in [-0.1, -0.05) is 115 Å². The molecule has 0 spiro atoms. The van der Waals surface area contributed by atoms with E-state index in [0.29, 0.717) is 5.92 Å². The third-order valence-electron chi connectivity index (χ3n) is 10.5. The number of anilines is 2. The zero-order chi connectivity index (χ0) is 31.3. The molecule has 230 valence electrons. The summed E-state index contributed by atoms with van der Waals surface area (Å²) < 4.78 is 9.66. The summed E-state index contributed by atoms with van der Waals surface area (Å²) in [5.74, 6) is 1.91. The smallest absolute Gasteiger partial charge is 0.130 e. The van der Waals surface area contributed by atoms with Crippen LogP contribution in [-0.2, 0) is 4.74 Å². The molecule has 0 saturated carbocycles. The van der Waals surface area contributed by atoms with Gasteiger partial charge in [-0.25, -0.2) is 0 Å². The number of allylic oxidation sites excluding steroid dienone is 7. The van der Waals surface area contributed by atoms with Crippen LogP contribution in [0, 0.1) is 11.8 Å². The zero-order valence-electron chi connectivity index (χ0n) is 26.5. The summed E-state index contributed by atoms with van der Waals surface area (Å²) in [6.07, 6.45) is 20.8. The van der Waals surface area contributed by atoms with Gasteiger partial charge in [0.15, 0.2) is 0 Å². The van der Waals surface area contributed by atoms with Gasteiger partial charge in [0.1, 0.15) is 11.9 Å². The molecule has 0 amide bonds. The lowest BCUT2D eigenvalue weighted by molar-refractivity contribution is 0.171. The first-order valence-electron chi connectivity index (χ1n) is 16.8. The van der Waals surface area contributed by atoms with Crippen LogP contribution in [0.15, 0.2) is 174 Å². The molecule has 3 heteroatoms. The van der Waals surface area contributed by atoms with Gasteiger partial charge in [0.05, 0.1) is 6.04 Å². The van der Waals surface area contributed by atoms with Crippen molar-refractivity contribution in [2.75, 3.05) is 4.90 Å². The minimum Gasteiger partial charge on any atom is -0.485 e. The molecule has 3 aliphatic carbocycles. The fourth-order valence-corrected chi connectivity index (χ4v) is 9.52. The average Bonchev–Trinajstić information content (AvgIpc) is 3.70. The summed E-state index contributed by atoms with van der Waals surface area (Å²) in [5, 5.41) is 2.72. The minimum atomic E-state index is 0.0142. The Bertz CT molecular complexity index is 2120. The van der Waals surface area contributed by atoms with E-state index in [1.165, 1.54) is 53.8 Å². The maximum Gasteiger partial charge on any atom is 0.130 e. The molecular weight excluding hydrogens is 591 g/mol. The van der Waals surface area contributed by atoms with Gasteiger partial charge < -0.3 is 9.64 Å². The zero-order valence-corrected chi connectivity index (χ0v) is 27.3. The van der Waals surface area contributed by atoms with Crippen molar-refractivity contribution in [1.82, 2.24) is 0 Å². The molecule has 2 heterocycles. The average molecular weight is 628 g/mol. The molecule has 1 aliphatic heterocycles. The first kappa shape index (κ1) is 28.4. The SMILES string of the molecule is CC1=C(C(c2cccc3c2sc2ccccc23)C2C=CC=CC2)C=CC2C3=CC(N(c4ccccc4)c4ccccc4)CC=C3OC12. The second-order valence-corrected chi connectivity index (χ2v) is 14.2. The quantitative estimate of drug-likeness (QED) is 0.186. The Kier molecular flexibility index (Phi) is 7.09. The molecule has 5 unspecified atom stereocenters. The van der Waals surface area contributed by atoms with Crippen molar-refractivity contribution in [2.24, 2.45) is 11.8 Å². The van der Waals surface area contributed by atoms with Crippen LogP contribution in [0.5, 0.6) is 0 Å². The first-order chi connectivity index (χ1) is 23.2. The fraction of sp³-hybridized carbons (Fsp3) is 0.182. The first-order valence-corrected chi connectivity index (χ1v) is 17.7. The van der Waals surface area contributed by atoms with Crippen LogP contribution in [0.2, 0.25) is 0 Å². The highest BCUT2D eigenvalue weighted by Gasteiger charge is 2.43. The van der Waals surface area contributed by atoms with E-state index in [4.69, 9.17) is 4.74 Å². The van der Waals surface area contributed by atoms with Crippen LogP contribution in [0.1, 0.15) is 31.2 Å². The van der Waals surface area contributed by atoms with Crippen molar-refractivity contribution >= 4 is 42.9 Å². The van der Waals surface area contributed by atoms with E-state index in [1.54, 1.807) is 0 Å². The number of benzene rings is 4. The van der Waals surface area contributed by atoms with Crippen molar-refractivity contribution in [3.05, 3.63) is 180 Å². The van der Waals surface area contributed by atoms with Crippen molar-refractivity contribution in [2.45, 2.75) is 37.8 Å². The van der Waals surface area contributed by atoms with E-state index in [-0.39, 0.29) is 24.0 Å². The van der Waals surface area contributed by atoms with Crippen molar-refractivity contribution in [1.29, 1.82) is 0 Å². The molecule has 0 radical (unpaired) electrons. The van der Waals surface area contributed by atoms with Crippen LogP contribution in [0.4, 0.5) is 11.4 Å². The molecule has 1 saturated heterocycles. The summed E-state index contributed by atoms with van der Waals surface area (Å²) in [5.41, 5.74) is 7.94. The predicted molar refractivity (Wildman–Crippen MR) is 198 cm³/mol. The number of nitrogens with zero attached hydrogens (tertiary/aromatic N) is 1. The topological polar surface area (TPSA) is 12.5 Å². The van der Waals surface area contributed by atoms with Crippen LogP contribution in [-0.4, -0.2) is 12.1 Å². The Balaban J connectivity index is 1.11. The Labute approximate surface area is 281 Å². The largest absolute Gasteiger partial charge is 0.485 e. The second-order valence-electron chi connectivity index (χ2n) is 13.1. The number of rotatable bonds is 6. The van der Waals surface area contributed by atoms with E-state index in [1.807, 2.05) is 11.3 Å². The Morgan fingerprint density at radius 2 is 1.51 bits per heavy atom. The monoisotopic (exact) mass is 627 g/mol. The summed E-state index contributed by atoms with van der Waals surface area (Å²) in [6, 6.07) is 37.5. The Hall–Kier alpha value is -4.86. The fourth-order valence-electron chi connectivity index (χ4n) is 8.26. The molecule has 47 heavy (non-hydrogen) atoms. The molecule has 5 atom stereocenters. The highest BCUT2D eigenvalue weighted by atomic mass is 32.1. The van der Waals surface area contributed by atoms with Crippen LogP contribution in [0.25, 0.3) is 20.2 Å². The van der Waals surface area contributed by atoms with Gasteiger partial charge in [-0.2, -0.15) is 0 Å². The highest BCUT2D eigenvalue weighted by molar-refractivity contribution is 7.26. The molecule has 0 N–H and O–H groups in total. The number of ether oxygens (including phenoxy) is 1. The molecule has 1 aromatic heterocycles. The normalized spacial score (nSPS) is 23.7. The summed E-state index contributed by atoms with van der Waals surface area (Å²) in [6.45, 7) is 2.33. The second kappa shape index (κ2) is 11.7. The number of hydrogen-bond donors (Lipinski definition) is 0. The lowest BCUT2D eigenvalue weighted by Crippen LogP contribution is -2.31. The summed E-state index contributed by atoms with van der Waals surface area (Å²) in [7, 11) is 0. The van der Waals surface area contributed by atoms with Crippen molar-refractivity contribution in [3.63, 3.8) is 0 Å². The minimum absolute atomic E-state index is 0.0142. The molecule has 4 aliphatic rings.